The van der Waals surface area contributed by atoms with Crippen molar-refractivity contribution in [1.82, 2.24) is 0 Å². The van der Waals surface area contributed by atoms with Crippen molar-refractivity contribution in [1.29, 1.82) is 0 Å². The van der Waals surface area contributed by atoms with Crippen molar-refractivity contribution >= 4 is 44.9 Å². The van der Waals surface area contributed by atoms with Gasteiger partial charge in [-0.2, -0.15) is 0 Å². The first-order chi connectivity index (χ1) is 7.73. The van der Waals surface area contributed by atoms with Gasteiger partial charge in [0.05, 0.1) is 15.7 Å². The van der Waals surface area contributed by atoms with E-state index in [2.05, 4.69) is 4.72 Å². The molecule has 0 unspecified atom stereocenters. The van der Waals surface area contributed by atoms with Gasteiger partial charge in [-0.25, -0.2) is 8.42 Å². The largest absolute Gasteiger partial charge is 0.480 e. The van der Waals surface area contributed by atoms with Gasteiger partial charge >= 0.3 is 5.97 Å². The van der Waals surface area contributed by atoms with E-state index in [0.29, 0.717) is 5.56 Å². The van der Waals surface area contributed by atoms with Crippen LogP contribution in [0.4, 0.5) is 5.69 Å². The van der Waals surface area contributed by atoms with E-state index in [0.717, 1.165) is 0 Å². The van der Waals surface area contributed by atoms with E-state index in [9.17, 15) is 13.2 Å². The second-order valence-corrected chi connectivity index (χ2v) is 5.82. The van der Waals surface area contributed by atoms with Crippen LogP contribution in [0.2, 0.25) is 10.0 Å². The maximum absolute atomic E-state index is 11.4. The molecule has 5 nitrogen and oxygen atoms in total. The number of sulfonamides is 1. The Kier molecular flexibility index (Phi) is 4.24. The molecule has 0 aliphatic heterocycles. The molecule has 0 heterocycles. The standard InChI is InChI=1S/C9H9Cl2NO4S/c1-5-2-3-6(10)9(8(5)11)12-17(15,16)4-7(13)14/h2-3,12H,4H2,1H3,(H,13,14). The fourth-order valence-electron chi connectivity index (χ4n) is 1.10. The first-order valence-electron chi connectivity index (χ1n) is 4.40. The number of anilines is 1. The van der Waals surface area contributed by atoms with E-state index in [1.165, 1.54) is 6.07 Å². The highest BCUT2D eigenvalue weighted by atomic mass is 35.5. The molecule has 0 radical (unpaired) electrons. The molecule has 0 saturated heterocycles. The van der Waals surface area contributed by atoms with Gasteiger partial charge in [-0.15, -0.1) is 0 Å². The Hall–Kier alpha value is -0.980. The summed E-state index contributed by atoms with van der Waals surface area (Å²) in [5, 5.41) is 8.69. The van der Waals surface area contributed by atoms with Crippen LogP contribution in [-0.2, 0) is 14.8 Å². The average Bonchev–Trinajstić information content (AvgIpc) is 2.17. The van der Waals surface area contributed by atoms with Crippen molar-refractivity contribution < 1.29 is 18.3 Å². The van der Waals surface area contributed by atoms with Gasteiger partial charge in [0.1, 0.15) is 0 Å². The van der Waals surface area contributed by atoms with Gasteiger partial charge in [-0.3, -0.25) is 9.52 Å². The number of carboxylic acids is 1. The molecule has 0 atom stereocenters. The molecule has 0 aromatic heterocycles. The third kappa shape index (κ3) is 3.76. The third-order valence-electron chi connectivity index (χ3n) is 1.86. The van der Waals surface area contributed by atoms with Crippen LogP contribution < -0.4 is 4.72 Å². The highest BCUT2D eigenvalue weighted by Gasteiger charge is 2.19. The Bertz CT molecular complexity index is 556. The molecule has 94 valence electrons. The van der Waals surface area contributed by atoms with E-state index < -0.39 is 21.7 Å². The molecule has 8 heteroatoms. The lowest BCUT2D eigenvalue weighted by molar-refractivity contribution is -0.134. The van der Waals surface area contributed by atoms with E-state index in [1.54, 1.807) is 13.0 Å². The molecule has 1 aromatic carbocycles. The third-order valence-corrected chi connectivity index (χ3v) is 3.80. The lowest BCUT2D eigenvalue weighted by Gasteiger charge is -2.11. The summed E-state index contributed by atoms with van der Waals surface area (Å²) >= 11 is 11.7. The second-order valence-electron chi connectivity index (χ2n) is 3.31. The van der Waals surface area contributed by atoms with Crippen LogP contribution >= 0.6 is 23.2 Å². The maximum Gasteiger partial charge on any atom is 0.320 e. The Morgan fingerprint density at radius 2 is 2.00 bits per heavy atom. The molecule has 1 rings (SSSR count). The highest BCUT2D eigenvalue weighted by Crippen LogP contribution is 2.33. The second kappa shape index (κ2) is 5.12. The molecule has 0 aliphatic carbocycles. The Labute approximate surface area is 108 Å². The summed E-state index contributed by atoms with van der Waals surface area (Å²) in [6.45, 7) is 1.67. The van der Waals surface area contributed by atoms with Gasteiger partial charge in [-0.1, -0.05) is 29.3 Å². The summed E-state index contributed by atoms with van der Waals surface area (Å²) in [5.41, 5.74) is 0.624. The number of nitrogens with one attached hydrogen (secondary N) is 1. The van der Waals surface area contributed by atoms with Gasteiger partial charge < -0.3 is 5.11 Å². The van der Waals surface area contributed by atoms with Crippen molar-refractivity contribution in [2.45, 2.75) is 6.92 Å². The molecule has 0 fully saturated rings. The topological polar surface area (TPSA) is 83.5 Å². The molecular weight excluding hydrogens is 289 g/mol. The van der Waals surface area contributed by atoms with Crippen LogP contribution in [0.25, 0.3) is 0 Å². The number of aryl methyl sites for hydroxylation is 1. The predicted molar refractivity (Wildman–Crippen MR) is 66.2 cm³/mol. The van der Waals surface area contributed by atoms with Crippen LogP contribution in [0.15, 0.2) is 12.1 Å². The number of hydrogen-bond acceptors (Lipinski definition) is 3. The van der Waals surface area contributed by atoms with E-state index in [-0.39, 0.29) is 15.7 Å². The number of carbonyl (C=O) groups is 1. The van der Waals surface area contributed by atoms with Crippen LogP contribution in [0.1, 0.15) is 5.56 Å². The fourth-order valence-corrected chi connectivity index (χ4v) is 2.60. The smallest absolute Gasteiger partial charge is 0.320 e. The average molecular weight is 298 g/mol. The van der Waals surface area contributed by atoms with Crippen LogP contribution in [0.3, 0.4) is 0 Å². The molecular formula is C9H9Cl2NO4S. The lowest BCUT2D eigenvalue weighted by atomic mass is 10.2. The monoisotopic (exact) mass is 297 g/mol. The van der Waals surface area contributed by atoms with Crippen LogP contribution in [0, 0.1) is 6.92 Å². The number of hydrogen-bond donors (Lipinski definition) is 2. The number of halogens is 2. The zero-order valence-electron chi connectivity index (χ0n) is 8.70. The van der Waals surface area contributed by atoms with Gasteiger partial charge in [-0.05, 0) is 18.6 Å². The van der Waals surface area contributed by atoms with Gasteiger partial charge in [0.25, 0.3) is 0 Å². The highest BCUT2D eigenvalue weighted by molar-refractivity contribution is 7.93. The summed E-state index contributed by atoms with van der Waals surface area (Å²) in [7, 11) is -4.01. The number of rotatable bonds is 4. The lowest BCUT2D eigenvalue weighted by Crippen LogP contribution is -2.22. The molecule has 0 saturated carbocycles. The molecule has 0 spiro atoms. The minimum Gasteiger partial charge on any atom is -0.480 e. The van der Waals surface area contributed by atoms with Gasteiger partial charge in [0.2, 0.25) is 10.0 Å². The molecule has 0 bridgehead atoms. The first kappa shape index (κ1) is 14.1. The zero-order chi connectivity index (χ0) is 13.2. The van der Waals surface area contributed by atoms with Crippen molar-refractivity contribution in [3.05, 3.63) is 27.7 Å². The van der Waals surface area contributed by atoms with Gasteiger partial charge in [0.15, 0.2) is 5.75 Å². The predicted octanol–water partition coefficient (Wildman–Crippen LogP) is 2.13. The van der Waals surface area contributed by atoms with Crippen LogP contribution in [-0.4, -0.2) is 25.2 Å². The van der Waals surface area contributed by atoms with Crippen molar-refractivity contribution in [2.75, 3.05) is 10.5 Å². The number of benzene rings is 1. The summed E-state index contributed by atoms with van der Waals surface area (Å²) in [6.07, 6.45) is 0. The van der Waals surface area contributed by atoms with E-state index in [4.69, 9.17) is 28.3 Å². The Morgan fingerprint density at radius 3 is 2.53 bits per heavy atom. The Balaban J connectivity index is 3.12. The summed E-state index contributed by atoms with van der Waals surface area (Å²) in [6, 6.07) is 3.10. The van der Waals surface area contributed by atoms with Crippen molar-refractivity contribution in [2.24, 2.45) is 0 Å². The Morgan fingerprint density at radius 1 is 1.41 bits per heavy atom. The minimum atomic E-state index is -4.01. The summed E-state index contributed by atoms with van der Waals surface area (Å²) in [4.78, 5) is 10.4. The summed E-state index contributed by atoms with van der Waals surface area (Å²) < 4.78 is 24.9. The van der Waals surface area contributed by atoms with E-state index in [1.807, 2.05) is 0 Å². The SMILES string of the molecule is Cc1ccc(Cl)c(NS(=O)(=O)CC(=O)O)c1Cl. The number of carboxylic acid groups (broad SMARTS) is 1. The van der Waals surface area contributed by atoms with Crippen molar-refractivity contribution in [3.63, 3.8) is 0 Å². The molecule has 2 N–H and O–H groups in total. The minimum absolute atomic E-state index is 0.00502. The van der Waals surface area contributed by atoms with Gasteiger partial charge in [0, 0.05) is 0 Å². The molecule has 1 aromatic rings. The normalized spacial score (nSPS) is 11.2. The molecule has 0 aliphatic rings. The molecule has 17 heavy (non-hydrogen) atoms. The fraction of sp³-hybridized carbons (Fsp3) is 0.222. The summed E-state index contributed by atoms with van der Waals surface area (Å²) in [5.74, 6) is -2.51. The maximum atomic E-state index is 11.4. The van der Waals surface area contributed by atoms with Crippen molar-refractivity contribution in [3.8, 4) is 0 Å². The van der Waals surface area contributed by atoms with E-state index >= 15 is 0 Å². The quantitative estimate of drug-likeness (QED) is 0.892. The number of aliphatic carboxylic acids is 1. The molecule has 0 amide bonds. The first-order valence-corrected chi connectivity index (χ1v) is 6.80. The van der Waals surface area contributed by atoms with Crippen LogP contribution in [0.5, 0.6) is 0 Å². The zero-order valence-corrected chi connectivity index (χ0v) is 11.0.